The third-order valence-electron chi connectivity index (χ3n) is 12.5. The lowest BCUT2D eigenvalue weighted by atomic mass is 9.55. The molecule has 0 radical (unpaired) electrons. The standard InChI is InChI=1S/C52H61N3O10/c1-6-29-61-40-25-26-46-44(32-40)48-42(20-11-13-28-57)36(16-10-12-27-56)31-43-45(53-65-51(3,4)5)33-47(52(64-46,49(43)48)62-30-7-2)54(34-37-18-14-17-35-15-8-9-19-41(35)37)50(58)63-39-23-21-38(22-24-39)55(59)60/h6-9,14-15,17-19,21-26,31-32,36,42,47-49,56-57H,1-2,10-13,16,20,27-30,33-34H2,3-5H3/t36-,42+,47-,48+,49+,52+/m0/s1. The van der Waals surface area contributed by atoms with Crippen molar-refractivity contribution >= 4 is 28.3 Å². The quantitative estimate of drug-likeness (QED) is 0.0378. The molecule has 1 fully saturated rings. The predicted molar refractivity (Wildman–Crippen MR) is 250 cm³/mol. The monoisotopic (exact) mass is 887 g/mol. The van der Waals surface area contributed by atoms with E-state index in [4.69, 9.17) is 28.9 Å². The Labute approximate surface area is 381 Å². The molecule has 3 aliphatic rings. The minimum atomic E-state index is -1.56. The second-order valence-electron chi connectivity index (χ2n) is 18.0. The van der Waals surface area contributed by atoms with Gasteiger partial charge in [-0.1, -0.05) is 85.3 Å². The molecule has 1 heterocycles. The van der Waals surface area contributed by atoms with Crippen molar-refractivity contribution in [2.24, 2.45) is 22.9 Å². The lowest BCUT2D eigenvalue weighted by Gasteiger charge is -2.60. The molecule has 0 aromatic heterocycles. The molecule has 7 rings (SSSR count). The van der Waals surface area contributed by atoms with Gasteiger partial charge in [0, 0.05) is 43.2 Å². The molecule has 0 spiro atoms. The van der Waals surface area contributed by atoms with Crippen LogP contribution in [0.5, 0.6) is 17.2 Å². The van der Waals surface area contributed by atoms with E-state index in [1.807, 2.05) is 81.4 Å². The number of nitro benzene ring substituents is 1. The molecule has 4 aromatic carbocycles. The Hall–Kier alpha value is -6.02. The molecule has 2 N–H and O–H groups in total. The van der Waals surface area contributed by atoms with Crippen LogP contribution in [0.1, 0.15) is 82.8 Å². The molecule has 13 nitrogen and oxygen atoms in total. The average Bonchev–Trinajstić information content (AvgIpc) is 3.29. The van der Waals surface area contributed by atoms with Gasteiger partial charge in [0.25, 0.3) is 5.69 Å². The van der Waals surface area contributed by atoms with Crippen LogP contribution in [0.3, 0.4) is 0 Å². The molecule has 0 unspecified atom stereocenters. The number of carbonyl (C=O) groups excluding carboxylic acids is 1. The van der Waals surface area contributed by atoms with Crippen LogP contribution >= 0.6 is 0 Å². The number of ether oxygens (including phenoxy) is 4. The van der Waals surface area contributed by atoms with E-state index in [0.29, 0.717) is 36.7 Å². The number of nitrogens with zero attached hydrogens (tertiary/aromatic N) is 3. The summed E-state index contributed by atoms with van der Waals surface area (Å²) < 4.78 is 26.9. The highest BCUT2D eigenvalue weighted by molar-refractivity contribution is 6.03. The zero-order valence-corrected chi connectivity index (χ0v) is 37.6. The molecule has 0 saturated heterocycles. The van der Waals surface area contributed by atoms with E-state index in [-0.39, 0.29) is 62.0 Å². The number of non-ortho nitro benzene ring substituents is 1. The molecule has 1 aliphatic heterocycles. The van der Waals surface area contributed by atoms with Gasteiger partial charge in [0.05, 0.1) is 29.7 Å². The molecule has 0 bridgehead atoms. The van der Waals surface area contributed by atoms with Crippen molar-refractivity contribution in [1.82, 2.24) is 4.90 Å². The highest BCUT2D eigenvalue weighted by Gasteiger charge is 2.66. The van der Waals surface area contributed by atoms with Crippen LogP contribution in [0.15, 0.2) is 127 Å². The van der Waals surface area contributed by atoms with Gasteiger partial charge < -0.3 is 34.0 Å². The van der Waals surface area contributed by atoms with Crippen LogP contribution in [0.2, 0.25) is 0 Å². The number of oxime groups is 1. The minimum Gasteiger partial charge on any atom is -0.490 e. The summed E-state index contributed by atoms with van der Waals surface area (Å²) in [5, 5.41) is 38.4. The van der Waals surface area contributed by atoms with E-state index in [1.165, 1.54) is 24.3 Å². The van der Waals surface area contributed by atoms with Crippen molar-refractivity contribution in [2.75, 3.05) is 26.4 Å². The number of rotatable bonds is 20. The van der Waals surface area contributed by atoms with Crippen molar-refractivity contribution in [1.29, 1.82) is 0 Å². The maximum atomic E-state index is 15.2. The summed E-state index contributed by atoms with van der Waals surface area (Å²) in [6.07, 6.45) is 9.48. The summed E-state index contributed by atoms with van der Waals surface area (Å²) in [6, 6.07) is 24.2. The third kappa shape index (κ3) is 10.4. The van der Waals surface area contributed by atoms with Gasteiger partial charge in [-0.25, -0.2) is 4.79 Å². The zero-order valence-electron chi connectivity index (χ0n) is 37.6. The predicted octanol–water partition coefficient (Wildman–Crippen LogP) is 10.4. The number of amides is 1. The second-order valence-corrected chi connectivity index (χ2v) is 18.0. The molecule has 2 aliphatic carbocycles. The lowest BCUT2D eigenvalue weighted by Crippen LogP contribution is -2.70. The fourth-order valence-corrected chi connectivity index (χ4v) is 9.80. The summed E-state index contributed by atoms with van der Waals surface area (Å²) in [6.45, 7) is 14.3. The number of hydrogen-bond donors (Lipinski definition) is 2. The summed E-state index contributed by atoms with van der Waals surface area (Å²) in [7, 11) is 0. The highest BCUT2D eigenvalue weighted by atomic mass is 16.7. The summed E-state index contributed by atoms with van der Waals surface area (Å²) in [4.78, 5) is 34.2. The molecular formula is C52H61N3O10. The van der Waals surface area contributed by atoms with E-state index in [1.54, 1.807) is 17.1 Å². The van der Waals surface area contributed by atoms with Gasteiger partial charge in [-0.15, -0.1) is 6.58 Å². The van der Waals surface area contributed by atoms with E-state index in [2.05, 4.69) is 19.2 Å². The number of aliphatic hydroxyl groups is 2. The van der Waals surface area contributed by atoms with E-state index in [0.717, 1.165) is 53.2 Å². The van der Waals surface area contributed by atoms with Crippen LogP contribution in [-0.4, -0.2) is 75.7 Å². The van der Waals surface area contributed by atoms with E-state index >= 15 is 4.79 Å². The Bertz CT molecular complexity index is 2380. The molecule has 1 amide bonds. The van der Waals surface area contributed by atoms with Gasteiger partial charge in [0.1, 0.15) is 35.5 Å². The van der Waals surface area contributed by atoms with Crippen LogP contribution in [-0.2, 0) is 16.1 Å². The first-order chi connectivity index (χ1) is 31.4. The number of allylic oxidation sites excluding steroid dienone is 1. The number of fused-ring (bicyclic) bond motifs is 3. The fraction of sp³-hybridized carbons (Fsp3) is 0.423. The number of nitro groups is 1. The number of carbonyl (C=O) groups is 1. The largest absolute Gasteiger partial charge is 0.490 e. The van der Waals surface area contributed by atoms with Crippen LogP contribution in [0.25, 0.3) is 10.8 Å². The first-order valence-electron chi connectivity index (χ1n) is 22.6. The second kappa shape index (κ2) is 20.9. The molecule has 4 aromatic rings. The summed E-state index contributed by atoms with van der Waals surface area (Å²) >= 11 is 0. The van der Waals surface area contributed by atoms with Crippen molar-refractivity contribution in [3.8, 4) is 17.2 Å². The Kier molecular flexibility index (Phi) is 15.1. The minimum absolute atomic E-state index is 0.000107. The number of unbranched alkanes of at least 4 members (excludes halogenated alkanes) is 2. The Morgan fingerprint density at radius 2 is 1.65 bits per heavy atom. The van der Waals surface area contributed by atoms with Crippen LogP contribution in [0.4, 0.5) is 10.5 Å². The normalized spacial score (nSPS) is 22.8. The molecular weight excluding hydrogens is 827 g/mol. The number of benzene rings is 4. The molecule has 13 heteroatoms. The van der Waals surface area contributed by atoms with Crippen molar-refractivity contribution in [2.45, 2.75) is 95.6 Å². The van der Waals surface area contributed by atoms with Gasteiger partial charge in [0.2, 0.25) is 5.79 Å². The SMILES string of the molecule is C=CCOc1ccc2c(c1)[C@H]1[C@H](CCCCO)[C@@H](CCCCO)C=C3C(=NOC(C)(C)C)C[C@H](N(Cc4cccc5ccccc45)C(=O)Oc4ccc([N+](=O)[O-])cc4)[C@@](OCC=C)(O2)[C@H]31. The van der Waals surface area contributed by atoms with Gasteiger partial charge in [-0.2, -0.15) is 0 Å². The highest BCUT2D eigenvalue weighted by Crippen LogP contribution is 2.62. The van der Waals surface area contributed by atoms with E-state index in [9.17, 15) is 20.3 Å². The van der Waals surface area contributed by atoms with Gasteiger partial charge in [-0.05, 0) is 111 Å². The third-order valence-corrected chi connectivity index (χ3v) is 12.5. The first kappa shape index (κ1) is 47.0. The molecule has 1 saturated carbocycles. The van der Waals surface area contributed by atoms with Gasteiger partial charge >= 0.3 is 6.09 Å². The summed E-state index contributed by atoms with van der Waals surface area (Å²) in [5.41, 5.74) is 2.49. The average molecular weight is 888 g/mol. The maximum absolute atomic E-state index is 15.2. The Morgan fingerprint density at radius 1 is 0.938 bits per heavy atom. The van der Waals surface area contributed by atoms with E-state index < -0.39 is 34.4 Å². The summed E-state index contributed by atoms with van der Waals surface area (Å²) in [5.74, 6) is -1.02. The molecule has 6 atom stereocenters. The lowest BCUT2D eigenvalue weighted by molar-refractivity contribution is -0.384. The van der Waals surface area contributed by atoms with Crippen LogP contribution in [0, 0.1) is 27.9 Å². The van der Waals surface area contributed by atoms with Crippen molar-refractivity contribution in [3.05, 3.63) is 143 Å². The smallest absolute Gasteiger partial charge is 0.416 e. The topological polar surface area (TPSA) is 162 Å². The number of aliphatic hydroxyl groups excluding tert-OH is 2. The first-order valence-corrected chi connectivity index (χ1v) is 22.6. The number of hydrogen-bond acceptors (Lipinski definition) is 11. The Morgan fingerprint density at radius 3 is 2.35 bits per heavy atom. The Balaban J connectivity index is 1.49. The van der Waals surface area contributed by atoms with Crippen molar-refractivity contribution < 1.29 is 43.7 Å². The maximum Gasteiger partial charge on any atom is 0.416 e. The van der Waals surface area contributed by atoms with Crippen LogP contribution < -0.4 is 14.2 Å². The zero-order chi connectivity index (χ0) is 46.1. The van der Waals surface area contributed by atoms with Gasteiger partial charge in [-0.3, -0.25) is 15.0 Å². The van der Waals surface area contributed by atoms with Crippen molar-refractivity contribution in [3.63, 3.8) is 0 Å². The van der Waals surface area contributed by atoms with Gasteiger partial charge in [0.15, 0.2) is 0 Å². The molecule has 344 valence electrons. The molecule has 65 heavy (non-hydrogen) atoms. The fourth-order valence-electron chi connectivity index (χ4n) is 9.80.